The molecular weight excluding hydrogens is 336 g/mol. The van der Waals surface area contributed by atoms with Gasteiger partial charge < -0.3 is 10.6 Å². The van der Waals surface area contributed by atoms with Gasteiger partial charge in [-0.15, -0.1) is 12.4 Å². The largest absolute Gasteiger partial charge is 0.353 e. The molecule has 2 heterocycles. The number of nitrogens with one attached hydrogen (secondary N) is 2. The lowest BCUT2D eigenvalue weighted by molar-refractivity contribution is -0.121. The number of aryl methyl sites for hydroxylation is 1. The van der Waals surface area contributed by atoms with E-state index in [2.05, 4.69) is 22.7 Å². The van der Waals surface area contributed by atoms with Gasteiger partial charge in [0, 0.05) is 23.3 Å². The Balaban J connectivity index is 0.00000225. The number of halogens is 1. The van der Waals surface area contributed by atoms with E-state index in [1.165, 1.54) is 0 Å². The van der Waals surface area contributed by atoms with Gasteiger partial charge in [0.05, 0.1) is 17.8 Å². The highest BCUT2D eigenvalue weighted by atomic mass is 35.5. The number of carbonyl (C=O) groups is 1. The lowest BCUT2D eigenvalue weighted by atomic mass is 10.00. The molecule has 0 spiro atoms. The van der Waals surface area contributed by atoms with Crippen LogP contribution in [0.4, 0.5) is 0 Å². The van der Waals surface area contributed by atoms with Crippen LogP contribution < -0.4 is 10.6 Å². The molecule has 1 aromatic carbocycles. The molecule has 1 amide bonds. The molecular formula is C19H27ClN4O. The van der Waals surface area contributed by atoms with Gasteiger partial charge in [-0.1, -0.05) is 18.2 Å². The van der Waals surface area contributed by atoms with Crippen molar-refractivity contribution >= 4 is 18.3 Å². The summed E-state index contributed by atoms with van der Waals surface area (Å²) in [4.78, 5) is 12.5. The maximum absolute atomic E-state index is 12.5. The number of para-hydroxylation sites is 1. The van der Waals surface area contributed by atoms with E-state index in [0.29, 0.717) is 12.5 Å². The third-order valence-corrected chi connectivity index (χ3v) is 4.77. The van der Waals surface area contributed by atoms with Gasteiger partial charge >= 0.3 is 0 Å². The van der Waals surface area contributed by atoms with Crippen LogP contribution in [-0.2, 0) is 11.2 Å². The lowest BCUT2D eigenvalue weighted by Gasteiger charge is -2.28. The van der Waals surface area contributed by atoms with E-state index < -0.39 is 0 Å². The number of hydrogen-bond donors (Lipinski definition) is 2. The quantitative estimate of drug-likeness (QED) is 0.879. The number of amides is 1. The first-order valence-corrected chi connectivity index (χ1v) is 8.68. The molecule has 3 rings (SSSR count). The molecule has 2 unspecified atom stereocenters. The topological polar surface area (TPSA) is 59.0 Å². The highest BCUT2D eigenvalue weighted by Gasteiger charge is 2.21. The third-order valence-electron chi connectivity index (χ3n) is 4.77. The summed E-state index contributed by atoms with van der Waals surface area (Å²) in [5.74, 6) is 0.0907. The monoisotopic (exact) mass is 362 g/mol. The molecule has 0 radical (unpaired) electrons. The summed E-state index contributed by atoms with van der Waals surface area (Å²) in [5.41, 5.74) is 4.01. The molecule has 0 saturated carbocycles. The maximum atomic E-state index is 12.5. The van der Waals surface area contributed by atoms with E-state index in [1.807, 2.05) is 48.9 Å². The van der Waals surface area contributed by atoms with Crippen LogP contribution in [0.5, 0.6) is 0 Å². The second kappa shape index (κ2) is 8.50. The van der Waals surface area contributed by atoms with E-state index in [9.17, 15) is 4.79 Å². The van der Waals surface area contributed by atoms with Crippen molar-refractivity contribution in [2.24, 2.45) is 0 Å². The Bertz CT molecular complexity index is 714. The average Bonchev–Trinajstić information content (AvgIpc) is 2.84. The SMILES string of the molecule is Cc1nn(-c2ccccc2)c(C)c1CC(=O)NC1CCNC(C)C1.Cl. The minimum atomic E-state index is 0. The van der Waals surface area contributed by atoms with Crippen LogP contribution in [-0.4, -0.2) is 34.3 Å². The average molecular weight is 363 g/mol. The van der Waals surface area contributed by atoms with Gasteiger partial charge in [-0.25, -0.2) is 4.68 Å². The first kappa shape index (κ1) is 19.5. The standard InChI is InChI=1S/C19H26N4O.ClH/c1-13-11-16(9-10-20-13)21-19(24)12-18-14(2)22-23(15(18)3)17-7-5-4-6-8-17;/h4-8,13,16,20H,9-12H2,1-3H3,(H,21,24);1H. The van der Waals surface area contributed by atoms with Crippen molar-refractivity contribution in [3.8, 4) is 5.69 Å². The molecule has 6 heteroatoms. The van der Waals surface area contributed by atoms with E-state index in [1.54, 1.807) is 0 Å². The Labute approximate surface area is 155 Å². The maximum Gasteiger partial charge on any atom is 0.224 e. The fourth-order valence-electron chi connectivity index (χ4n) is 3.45. The molecule has 1 aliphatic rings. The molecule has 2 N–H and O–H groups in total. The summed E-state index contributed by atoms with van der Waals surface area (Å²) in [6.07, 6.45) is 2.38. The fourth-order valence-corrected chi connectivity index (χ4v) is 3.45. The zero-order valence-corrected chi connectivity index (χ0v) is 15.9. The zero-order valence-electron chi connectivity index (χ0n) is 15.1. The Hall–Kier alpha value is -1.85. The number of hydrogen-bond acceptors (Lipinski definition) is 3. The lowest BCUT2D eigenvalue weighted by Crippen LogP contribution is -2.47. The molecule has 25 heavy (non-hydrogen) atoms. The van der Waals surface area contributed by atoms with Gasteiger partial charge in [0.15, 0.2) is 0 Å². The summed E-state index contributed by atoms with van der Waals surface area (Å²) in [6.45, 7) is 7.14. The van der Waals surface area contributed by atoms with Crippen LogP contribution in [0.2, 0.25) is 0 Å². The number of benzene rings is 1. The molecule has 1 fully saturated rings. The number of nitrogens with zero attached hydrogens (tertiary/aromatic N) is 2. The highest BCUT2D eigenvalue weighted by molar-refractivity contribution is 5.85. The van der Waals surface area contributed by atoms with Crippen molar-refractivity contribution in [2.45, 2.75) is 52.1 Å². The number of carbonyl (C=O) groups excluding carboxylic acids is 1. The number of piperidine rings is 1. The Morgan fingerprint density at radius 3 is 2.72 bits per heavy atom. The van der Waals surface area contributed by atoms with Gasteiger partial charge in [-0.3, -0.25) is 4.79 Å². The molecule has 5 nitrogen and oxygen atoms in total. The Morgan fingerprint density at radius 1 is 1.32 bits per heavy atom. The zero-order chi connectivity index (χ0) is 17.1. The van der Waals surface area contributed by atoms with E-state index in [-0.39, 0.29) is 24.4 Å². The highest BCUT2D eigenvalue weighted by Crippen LogP contribution is 2.18. The Morgan fingerprint density at radius 2 is 2.04 bits per heavy atom. The minimum Gasteiger partial charge on any atom is -0.353 e. The van der Waals surface area contributed by atoms with Crippen molar-refractivity contribution in [1.29, 1.82) is 0 Å². The van der Waals surface area contributed by atoms with E-state index >= 15 is 0 Å². The van der Waals surface area contributed by atoms with Crippen molar-refractivity contribution in [3.63, 3.8) is 0 Å². The molecule has 1 saturated heterocycles. The van der Waals surface area contributed by atoms with Crippen LogP contribution in [0.1, 0.15) is 36.7 Å². The first-order valence-electron chi connectivity index (χ1n) is 8.68. The minimum absolute atomic E-state index is 0. The predicted molar refractivity (Wildman–Crippen MR) is 103 cm³/mol. The number of rotatable bonds is 4. The van der Waals surface area contributed by atoms with Gasteiger partial charge in [-0.2, -0.15) is 5.10 Å². The van der Waals surface area contributed by atoms with E-state index in [0.717, 1.165) is 42.0 Å². The smallest absolute Gasteiger partial charge is 0.224 e. The summed E-state index contributed by atoms with van der Waals surface area (Å²) in [6, 6.07) is 10.8. The second-order valence-electron chi connectivity index (χ2n) is 6.72. The van der Waals surface area contributed by atoms with Crippen LogP contribution in [0, 0.1) is 13.8 Å². The first-order chi connectivity index (χ1) is 11.5. The van der Waals surface area contributed by atoms with Crippen molar-refractivity contribution in [2.75, 3.05) is 6.54 Å². The van der Waals surface area contributed by atoms with Crippen LogP contribution >= 0.6 is 12.4 Å². The van der Waals surface area contributed by atoms with Gasteiger partial charge in [0.2, 0.25) is 5.91 Å². The molecule has 1 aromatic heterocycles. The predicted octanol–water partition coefficient (Wildman–Crippen LogP) is 2.71. The van der Waals surface area contributed by atoms with Gasteiger partial charge in [0.1, 0.15) is 0 Å². The van der Waals surface area contributed by atoms with Crippen LogP contribution in [0.15, 0.2) is 30.3 Å². The number of aromatic nitrogens is 2. The van der Waals surface area contributed by atoms with Gasteiger partial charge in [0.25, 0.3) is 0 Å². The second-order valence-corrected chi connectivity index (χ2v) is 6.72. The van der Waals surface area contributed by atoms with Crippen molar-refractivity contribution < 1.29 is 4.79 Å². The summed E-state index contributed by atoms with van der Waals surface area (Å²) in [7, 11) is 0. The summed E-state index contributed by atoms with van der Waals surface area (Å²) in [5, 5.41) is 11.2. The summed E-state index contributed by atoms with van der Waals surface area (Å²) >= 11 is 0. The van der Waals surface area contributed by atoms with Crippen molar-refractivity contribution in [1.82, 2.24) is 20.4 Å². The molecule has 2 aromatic rings. The molecule has 0 bridgehead atoms. The summed E-state index contributed by atoms with van der Waals surface area (Å²) < 4.78 is 1.92. The van der Waals surface area contributed by atoms with Gasteiger partial charge in [-0.05, 0) is 52.3 Å². The van der Waals surface area contributed by atoms with Crippen LogP contribution in [0.3, 0.4) is 0 Å². The normalized spacial score (nSPS) is 20.0. The van der Waals surface area contributed by atoms with Crippen molar-refractivity contribution in [3.05, 3.63) is 47.3 Å². The third kappa shape index (κ3) is 4.61. The van der Waals surface area contributed by atoms with E-state index in [4.69, 9.17) is 0 Å². The molecule has 1 aliphatic heterocycles. The molecule has 136 valence electrons. The Kier molecular flexibility index (Phi) is 6.62. The fraction of sp³-hybridized carbons (Fsp3) is 0.474. The molecule has 0 aliphatic carbocycles. The van der Waals surface area contributed by atoms with Crippen LogP contribution in [0.25, 0.3) is 5.69 Å². The molecule has 2 atom stereocenters.